The van der Waals surface area contributed by atoms with E-state index in [0.717, 1.165) is 33.6 Å². The zero-order valence-corrected chi connectivity index (χ0v) is 13.8. The molecule has 23 heavy (non-hydrogen) atoms. The highest BCUT2D eigenvalue weighted by molar-refractivity contribution is 6.30. The molecule has 3 aromatic carbocycles. The van der Waals surface area contributed by atoms with Gasteiger partial charge in [-0.15, -0.1) is 0 Å². The van der Waals surface area contributed by atoms with Crippen molar-refractivity contribution in [1.29, 1.82) is 0 Å². The number of hydrogen-bond donors (Lipinski definition) is 0. The summed E-state index contributed by atoms with van der Waals surface area (Å²) in [4.78, 5) is 0. The smallest absolute Gasteiger partial charge is 0.133 e. The standard InChI is InChI=1S/C19H17ClO3/c1-21-18-11-13(12-23-15-9-7-14(20)8-10-15)19(22-2)17-6-4-3-5-16(17)18/h3-11H,12H2,1-2H3. The lowest BCUT2D eigenvalue weighted by molar-refractivity contribution is 0.296. The van der Waals surface area contributed by atoms with Crippen molar-refractivity contribution in [3.8, 4) is 17.2 Å². The lowest BCUT2D eigenvalue weighted by atomic mass is 10.0. The van der Waals surface area contributed by atoms with Crippen LogP contribution in [0.25, 0.3) is 10.8 Å². The van der Waals surface area contributed by atoms with E-state index in [1.807, 2.05) is 42.5 Å². The average molecular weight is 329 g/mol. The van der Waals surface area contributed by atoms with Crippen molar-refractivity contribution in [3.05, 3.63) is 65.2 Å². The van der Waals surface area contributed by atoms with Gasteiger partial charge in [0.1, 0.15) is 23.9 Å². The van der Waals surface area contributed by atoms with Crippen molar-refractivity contribution in [2.24, 2.45) is 0 Å². The minimum absolute atomic E-state index is 0.381. The molecule has 3 aromatic rings. The molecule has 0 aliphatic carbocycles. The van der Waals surface area contributed by atoms with Crippen LogP contribution in [0.5, 0.6) is 17.2 Å². The molecule has 0 spiro atoms. The first-order valence-electron chi connectivity index (χ1n) is 7.24. The van der Waals surface area contributed by atoms with Crippen LogP contribution in [-0.2, 0) is 6.61 Å². The summed E-state index contributed by atoms with van der Waals surface area (Å²) in [5, 5.41) is 2.70. The second kappa shape index (κ2) is 6.80. The number of hydrogen-bond acceptors (Lipinski definition) is 3. The molecule has 3 rings (SSSR count). The molecule has 0 unspecified atom stereocenters. The van der Waals surface area contributed by atoms with Gasteiger partial charge in [-0.1, -0.05) is 35.9 Å². The van der Waals surface area contributed by atoms with Gasteiger partial charge in [-0.25, -0.2) is 0 Å². The van der Waals surface area contributed by atoms with Gasteiger partial charge in [0.15, 0.2) is 0 Å². The highest BCUT2D eigenvalue weighted by Gasteiger charge is 2.13. The first-order chi connectivity index (χ1) is 11.2. The van der Waals surface area contributed by atoms with E-state index in [0.29, 0.717) is 11.6 Å². The van der Waals surface area contributed by atoms with Crippen LogP contribution in [0.15, 0.2) is 54.6 Å². The van der Waals surface area contributed by atoms with E-state index >= 15 is 0 Å². The van der Waals surface area contributed by atoms with Crippen LogP contribution >= 0.6 is 11.6 Å². The number of rotatable bonds is 5. The molecular weight excluding hydrogens is 312 g/mol. The van der Waals surface area contributed by atoms with Crippen molar-refractivity contribution < 1.29 is 14.2 Å². The average Bonchev–Trinajstić information content (AvgIpc) is 2.60. The summed E-state index contributed by atoms with van der Waals surface area (Å²) in [6.45, 7) is 0.381. The molecule has 4 heteroatoms. The zero-order chi connectivity index (χ0) is 16.2. The Labute approximate surface area is 140 Å². The highest BCUT2D eigenvalue weighted by Crippen LogP contribution is 2.37. The fourth-order valence-electron chi connectivity index (χ4n) is 2.58. The molecule has 0 aromatic heterocycles. The maximum absolute atomic E-state index is 5.89. The van der Waals surface area contributed by atoms with E-state index in [-0.39, 0.29) is 0 Å². The van der Waals surface area contributed by atoms with E-state index in [1.165, 1.54) is 0 Å². The molecule has 0 amide bonds. The molecule has 0 bridgehead atoms. The Morgan fingerprint density at radius 2 is 1.57 bits per heavy atom. The SMILES string of the molecule is COc1cc(COc2ccc(Cl)cc2)c(OC)c2ccccc12. The number of ether oxygens (including phenoxy) is 3. The van der Waals surface area contributed by atoms with Crippen LogP contribution in [0.1, 0.15) is 5.56 Å². The third kappa shape index (κ3) is 3.20. The fraction of sp³-hybridized carbons (Fsp3) is 0.158. The number of fused-ring (bicyclic) bond motifs is 1. The van der Waals surface area contributed by atoms with Gasteiger partial charge in [0.25, 0.3) is 0 Å². The van der Waals surface area contributed by atoms with Crippen molar-refractivity contribution in [2.45, 2.75) is 6.61 Å². The fourth-order valence-corrected chi connectivity index (χ4v) is 2.71. The van der Waals surface area contributed by atoms with E-state index < -0.39 is 0 Å². The summed E-state index contributed by atoms with van der Waals surface area (Å²) in [6, 6.07) is 17.2. The molecule has 0 saturated carbocycles. The third-order valence-corrected chi connectivity index (χ3v) is 3.92. The summed E-state index contributed by atoms with van der Waals surface area (Å²) >= 11 is 5.89. The van der Waals surface area contributed by atoms with Gasteiger partial charge in [0, 0.05) is 21.4 Å². The molecule has 0 heterocycles. The first kappa shape index (κ1) is 15.5. The summed E-state index contributed by atoms with van der Waals surface area (Å²) < 4.78 is 17.0. The Morgan fingerprint density at radius 1 is 0.870 bits per heavy atom. The first-order valence-corrected chi connectivity index (χ1v) is 7.61. The van der Waals surface area contributed by atoms with Crippen molar-refractivity contribution in [2.75, 3.05) is 14.2 Å². The molecular formula is C19H17ClO3. The zero-order valence-electron chi connectivity index (χ0n) is 13.0. The maximum Gasteiger partial charge on any atom is 0.133 e. The van der Waals surface area contributed by atoms with E-state index in [1.54, 1.807) is 26.4 Å². The van der Waals surface area contributed by atoms with Crippen molar-refractivity contribution in [3.63, 3.8) is 0 Å². The van der Waals surface area contributed by atoms with Crippen molar-refractivity contribution >= 4 is 22.4 Å². The molecule has 0 saturated heterocycles. The molecule has 0 aliphatic rings. The van der Waals surface area contributed by atoms with E-state index in [2.05, 4.69) is 0 Å². The van der Waals surface area contributed by atoms with Gasteiger partial charge >= 0.3 is 0 Å². The Kier molecular flexibility index (Phi) is 4.58. The Balaban J connectivity index is 1.97. The summed E-state index contributed by atoms with van der Waals surface area (Å²) in [5.41, 5.74) is 0.929. The number of benzene rings is 3. The molecule has 3 nitrogen and oxygen atoms in total. The summed E-state index contributed by atoms with van der Waals surface area (Å²) in [5.74, 6) is 2.36. The Morgan fingerprint density at radius 3 is 2.22 bits per heavy atom. The highest BCUT2D eigenvalue weighted by atomic mass is 35.5. The van der Waals surface area contributed by atoms with Gasteiger partial charge < -0.3 is 14.2 Å². The number of halogens is 1. The molecule has 0 atom stereocenters. The van der Waals surface area contributed by atoms with Gasteiger partial charge in [-0.05, 0) is 30.3 Å². The topological polar surface area (TPSA) is 27.7 Å². The van der Waals surface area contributed by atoms with E-state index in [4.69, 9.17) is 25.8 Å². The maximum atomic E-state index is 5.89. The predicted octanol–water partition coefficient (Wildman–Crippen LogP) is 5.09. The van der Waals surface area contributed by atoms with Crippen LogP contribution in [0.3, 0.4) is 0 Å². The third-order valence-electron chi connectivity index (χ3n) is 3.67. The molecule has 0 radical (unpaired) electrons. The van der Waals surface area contributed by atoms with Crippen LogP contribution in [0, 0.1) is 0 Å². The monoisotopic (exact) mass is 328 g/mol. The Bertz CT molecular complexity index is 813. The summed E-state index contributed by atoms with van der Waals surface area (Å²) in [7, 11) is 3.33. The van der Waals surface area contributed by atoms with Gasteiger partial charge in [-0.3, -0.25) is 0 Å². The van der Waals surface area contributed by atoms with Crippen LogP contribution < -0.4 is 14.2 Å². The van der Waals surface area contributed by atoms with Crippen LogP contribution in [0.2, 0.25) is 5.02 Å². The quantitative estimate of drug-likeness (QED) is 0.653. The molecule has 0 aliphatic heterocycles. The lowest BCUT2D eigenvalue weighted by Gasteiger charge is -2.15. The van der Waals surface area contributed by atoms with Crippen LogP contribution in [0.4, 0.5) is 0 Å². The van der Waals surface area contributed by atoms with Crippen molar-refractivity contribution in [1.82, 2.24) is 0 Å². The van der Waals surface area contributed by atoms with Gasteiger partial charge in [0.2, 0.25) is 0 Å². The second-order valence-electron chi connectivity index (χ2n) is 5.06. The van der Waals surface area contributed by atoms with E-state index in [9.17, 15) is 0 Å². The lowest BCUT2D eigenvalue weighted by Crippen LogP contribution is -2.01. The molecule has 0 fully saturated rings. The minimum Gasteiger partial charge on any atom is -0.496 e. The van der Waals surface area contributed by atoms with Gasteiger partial charge in [-0.2, -0.15) is 0 Å². The minimum atomic E-state index is 0.381. The molecule has 0 N–H and O–H groups in total. The normalized spacial score (nSPS) is 10.6. The molecule has 118 valence electrons. The Hall–Kier alpha value is -2.39. The summed E-state index contributed by atoms with van der Waals surface area (Å²) in [6.07, 6.45) is 0. The number of methoxy groups -OCH3 is 2. The largest absolute Gasteiger partial charge is 0.496 e. The van der Waals surface area contributed by atoms with Gasteiger partial charge in [0.05, 0.1) is 14.2 Å². The second-order valence-corrected chi connectivity index (χ2v) is 5.50. The predicted molar refractivity (Wildman–Crippen MR) is 92.8 cm³/mol. The van der Waals surface area contributed by atoms with Crippen LogP contribution in [-0.4, -0.2) is 14.2 Å².